The first kappa shape index (κ1) is 16.0. The van der Waals surface area contributed by atoms with E-state index in [-0.39, 0.29) is 6.04 Å². The van der Waals surface area contributed by atoms with Gasteiger partial charge in [-0.25, -0.2) is 0 Å². The number of rotatable bonds is 9. The molecule has 1 atom stereocenters. The van der Waals surface area contributed by atoms with Crippen molar-refractivity contribution in [3.05, 3.63) is 29.8 Å². The van der Waals surface area contributed by atoms with Gasteiger partial charge in [-0.1, -0.05) is 26.0 Å². The third-order valence-corrected chi connectivity index (χ3v) is 3.10. The van der Waals surface area contributed by atoms with Crippen molar-refractivity contribution in [2.75, 3.05) is 20.3 Å². The summed E-state index contributed by atoms with van der Waals surface area (Å²) in [6.45, 7) is 6.00. The highest BCUT2D eigenvalue weighted by molar-refractivity contribution is 5.28. The molecule has 2 N–H and O–H groups in total. The molecule has 0 saturated heterocycles. The fourth-order valence-electron chi connectivity index (χ4n) is 1.86. The topological polar surface area (TPSA) is 44.5 Å². The van der Waals surface area contributed by atoms with Crippen LogP contribution in [0.4, 0.5) is 0 Å². The lowest BCUT2D eigenvalue weighted by Crippen LogP contribution is -2.24. The molecule has 0 bridgehead atoms. The van der Waals surface area contributed by atoms with Crippen LogP contribution in [0.25, 0.3) is 0 Å². The second-order valence-electron chi connectivity index (χ2n) is 5.40. The quantitative estimate of drug-likeness (QED) is 0.698. The normalized spacial score (nSPS) is 12.7. The fourth-order valence-corrected chi connectivity index (χ4v) is 1.86. The molecule has 0 aliphatic rings. The number of nitrogens with two attached hydrogens (primary N) is 1. The van der Waals surface area contributed by atoms with E-state index in [4.69, 9.17) is 15.2 Å². The predicted octanol–water partition coefficient (Wildman–Crippen LogP) is 3.02. The Morgan fingerprint density at radius 3 is 2.58 bits per heavy atom. The molecule has 3 nitrogen and oxygen atoms in total. The molecular weight excluding hydrogens is 238 g/mol. The molecule has 0 aromatic heterocycles. The van der Waals surface area contributed by atoms with Crippen LogP contribution < -0.4 is 10.5 Å². The first-order valence-electron chi connectivity index (χ1n) is 7.08. The Kier molecular flexibility index (Phi) is 7.53. The molecule has 19 heavy (non-hydrogen) atoms. The van der Waals surface area contributed by atoms with E-state index in [1.165, 1.54) is 5.56 Å². The molecule has 0 fully saturated rings. The van der Waals surface area contributed by atoms with E-state index in [0.717, 1.165) is 38.2 Å². The van der Waals surface area contributed by atoms with E-state index in [1.807, 2.05) is 18.2 Å². The van der Waals surface area contributed by atoms with Crippen LogP contribution in [-0.4, -0.2) is 26.4 Å². The second kappa shape index (κ2) is 8.94. The van der Waals surface area contributed by atoms with Crippen LogP contribution in [0, 0.1) is 5.92 Å². The zero-order valence-corrected chi connectivity index (χ0v) is 12.4. The van der Waals surface area contributed by atoms with Crippen LogP contribution in [0.2, 0.25) is 0 Å². The van der Waals surface area contributed by atoms with Crippen molar-refractivity contribution in [2.24, 2.45) is 11.7 Å². The van der Waals surface area contributed by atoms with E-state index < -0.39 is 0 Å². The summed E-state index contributed by atoms with van der Waals surface area (Å²) in [7, 11) is 1.68. The zero-order valence-electron chi connectivity index (χ0n) is 12.4. The minimum absolute atomic E-state index is 0.145. The smallest absolute Gasteiger partial charge is 0.119 e. The van der Waals surface area contributed by atoms with Crippen LogP contribution in [0.1, 0.15) is 32.3 Å². The Morgan fingerprint density at radius 2 is 1.89 bits per heavy atom. The summed E-state index contributed by atoms with van der Waals surface area (Å²) in [4.78, 5) is 0. The van der Waals surface area contributed by atoms with Crippen LogP contribution in [0.15, 0.2) is 24.3 Å². The highest BCUT2D eigenvalue weighted by Gasteiger charge is 2.05. The Labute approximate surface area is 117 Å². The maximum atomic E-state index is 6.12. The van der Waals surface area contributed by atoms with E-state index in [0.29, 0.717) is 5.92 Å². The number of ether oxygens (including phenoxy) is 2. The van der Waals surface area contributed by atoms with Gasteiger partial charge in [-0.3, -0.25) is 0 Å². The van der Waals surface area contributed by atoms with E-state index >= 15 is 0 Å². The van der Waals surface area contributed by atoms with Crippen LogP contribution in [0.5, 0.6) is 5.75 Å². The Balaban J connectivity index is 2.21. The zero-order chi connectivity index (χ0) is 14.1. The lowest BCUT2D eigenvalue weighted by Gasteiger charge is -2.13. The summed E-state index contributed by atoms with van der Waals surface area (Å²) in [5, 5.41) is 0. The number of methoxy groups -OCH3 is 1. The molecule has 1 rings (SSSR count). The minimum atomic E-state index is 0.145. The largest absolute Gasteiger partial charge is 0.497 e. The van der Waals surface area contributed by atoms with E-state index in [9.17, 15) is 0 Å². The van der Waals surface area contributed by atoms with Crippen LogP contribution in [0.3, 0.4) is 0 Å². The molecule has 0 spiro atoms. The highest BCUT2D eigenvalue weighted by Crippen LogP contribution is 2.14. The van der Waals surface area contributed by atoms with Gasteiger partial charge < -0.3 is 15.2 Å². The van der Waals surface area contributed by atoms with Gasteiger partial charge in [0.1, 0.15) is 5.75 Å². The Morgan fingerprint density at radius 1 is 1.16 bits per heavy atom. The Hall–Kier alpha value is -1.06. The lowest BCUT2D eigenvalue weighted by molar-refractivity contribution is 0.117. The first-order valence-corrected chi connectivity index (χ1v) is 7.08. The minimum Gasteiger partial charge on any atom is -0.497 e. The van der Waals surface area contributed by atoms with Crippen LogP contribution in [-0.2, 0) is 11.2 Å². The summed E-state index contributed by atoms with van der Waals surface area (Å²) in [6, 6.07) is 8.22. The van der Waals surface area contributed by atoms with Gasteiger partial charge in [0.2, 0.25) is 0 Å². The summed E-state index contributed by atoms with van der Waals surface area (Å²) in [5.41, 5.74) is 7.34. The summed E-state index contributed by atoms with van der Waals surface area (Å²) >= 11 is 0. The molecule has 0 radical (unpaired) electrons. The maximum Gasteiger partial charge on any atom is 0.119 e. The summed E-state index contributed by atoms with van der Waals surface area (Å²) in [5.74, 6) is 1.59. The fraction of sp³-hybridized carbons (Fsp3) is 0.625. The third-order valence-electron chi connectivity index (χ3n) is 3.10. The lowest BCUT2D eigenvalue weighted by atomic mass is 10.0. The van der Waals surface area contributed by atoms with Crippen molar-refractivity contribution >= 4 is 0 Å². The molecular formula is C16H27NO2. The SMILES string of the molecule is COc1cccc(CC(N)CCOCCC(C)C)c1. The maximum absolute atomic E-state index is 6.12. The van der Waals surface area contributed by atoms with Gasteiger partial charge in [-0.2, -0.15) is 0 Å². The Bertz CT molecular complexity index is 352. The van der Waals surface area contributed by atoms with Crippen molar-refractivity contribution in [3.63, 3.8) is 0 Å². The van der Waals surface area contributed by atoms with Gasteiger partial charge in [-0.15, -0.1) is 0 Å². The average Bonchev–Trinajstić information content (AvgIpc) is 2.38. The van der Waals surface area contributed by atoms with Crippen molar-refractivity contribution in [1.82, 2.24) is 0 Å². The van der Waals surface area contributed by atoms with E-state index in [1.54, 1.807) is 7.11 Å². The number of hydrogen-bond donors (Lipinski definition) is 1. The van der Waals surface area contributed by atoms with Gasteiger partial charge >= 0.3 is 0 Å². The van der Waals surface area contributed by atoms with Gasteiger partial charge in [0, 0.05) is 19.3 Å². The number of benzene rings is 1. The molecule has 1 unspecified atom stereocenters. The van der Waals surface area contributed by atoms with Crippen LogP contribution >= 0.6 is 0 Å². The van der Waals surface area contributed by atoms with Crippen molar-refractivity contribution in [1.29, 1.82) is 0 Å². The molecule has 0 saturated carbocycles. The molecule has 0 aliphatic carbocycles. The van der Waals surface area contributed by atoms with Crippen molar-refractivity contribution < 1.29 is 9.47 Å². The second-order valence-corrected chi connectivity index (χ2v) is 5.40. The van der Waals surface area contributed by atoms with Gasteiger partial charge in [-0.05, 0) is 42.9 Å². The predicted molar refractivity (Wildman–Crippen MR) is 79.6 cm³/mol. The molecule has 1 aromatic rings. The van der Waals surface area contributed by atoms with Gasteiger partial charge in [0.25, 0.3) is 0 Å². The molecule has 108 valence electrons. The van der Waals surface area contributed by atoms with Gasteiger partial charge in [0.05, 0.1) is 7.11 Å². The monoisotopic (exact) mass is 265 g/mol. The first-order chi connectivity index (χ1) is 9.11. The molecule has 3 heteroatoms. The highest BCUT2D eigenvalue weighted by atomic mass is 16.5. The van der Waals surface area contributed by atoms with Crippen molar-refractivity contribution in [3.8, 4) is 5.75 Å². The summed E-state index contributed by atoms with van der Waals surface area (Å²) in [6.07, 6.45) is 2.88. The molecule has 0 heterocycles. The average molecular weight is 265 g/mol. The number of hydrogen-bond acceptors (Lipinski definition) is 3. The summed E-state index contributed by atoms with van der Waals surface area (Å²) < 4.78 is 10.8. The van der Waals surface area contributed by atoms with Crippen molar-refractivity contribution in [2.45, 2.75) is 39.2 Å². The standard InChI is InChI=1S/C16H27NO2/c1-13(2)7-9-19-10-8-15(17)11-14-5-4-6-16(12-14)18-3/h4-6,12-13,15H,7-11,17H2,1-3H3. The molecule has 1 aromatic carbocycles. The third kappa shape index (κ3) is 7.19. The van der Waals surface area contributed by atoms with Gasteiger partial charge in [0.15, 0.2) is 0 Å². The molecule has 0 amide bonds. The van der Waals surface area contributed by atoms with E-state index in [2.05, 4.69) is 19.9 Å². The molecule has 0 aliphatic heterocycles.